The summed E-state index contributed by atoms with van der Waals surface area (Å²) in [6, 6.07) is 6.12. The third-order valence-corrected chi connectivity index (χ3v) is 3.17. The van der Waals surface area contributed by atoms with Crippen LogP contribution in [0.1, 0.15) is 32.3 Å². The van der Waals surface area contributed by atoms with E-state index >= 15 is 0 Å². The lowest BCUT2D eigenvalue weighted by molar-refractivity contribution is -0.115. The largest absolute Gasteiger partial charge is 0.495 e. The molecule has 0 aliphatic rings. The van der Waals surface area contributed by atoms with Crippen molar-refractivity contribution in [3.63, 3.8) is 0 Å². The maximum Gasteiger partial charge on any atom is 0.238 e. The van der Waals surface area contributed by atoms with Gasteiger partial charge in [0, 0.05) is 6.04 Å². The van der Waals surface area contributed by atoms with Crippen molar-refractivity contribution in [1.82, 2.24) is 5.32 Å². The minimum Gasteiger partial charge on any atom is -0.495 e. The second-order valence-corrected chi connectivity index (χ2v) is 4.65. The van der Waals surface area contributed by atoms with Crippen LogP contribution in [-0.2, 0) is 4.79 Å². The molecule has 1 aromatic rings. The van der Waals surface area contributed by atoms with Gasteiger partial charge < -0.3 is 15.4 Å². The molecule has 0 aliphatic heterocycles. The van der Waals surface area contributed by atoms with E-state index in [1.54, 1.807) is 7.11 Å². The molecule has 0 unspecified atom stereocenters. The SMILES string of the molecule is CCC(CC)NCC(=O)Nc1cc(C)ccc1OC. The van der Waals surface area contributed by atoms with Crippen molar-refractivity contribution in [2.75, 3.05) is 19.0 Å². The summed E-state index contributed by atoms with van der Waals surface area (Å²) < 4.78 is 5.23. The zero-order chi connectivity index (χ0) is 14.3. The van der Waals surface area contributed by atoms with Gasteiger partial charge in [-0.25, -0.2) is 0 Å². The van der Waals surface area contributed by atoms with E-state index in [0.29, 0.717) is 18.3 Å². The fraction of sp³-hybridized carbons (Fsp3) is 0.533. The summed E-state index contributed by atoms with van der Waals surface area (Å²) >= 11 is 0. The summed E-state index contributed by atoms with van der Waals surface area (Å²) in [5, 5.41) is 6.12. The number of methoxy groups -OCH3 is 1. The molecule has 0 saturated heterocycles. The molecule has 0 spiro atoms. The van der Waals surface area contributed by atoms with Crippen LogP contribution in [0.3, 0.4) is 0 Å². The number of hydrogen-bond acceptors (Lipinski definition) is 3. The van der Waals surface area contributed by atoms with Gasteiger partial charge in [-0.2, -0.15) is 0 Å². The second-order valence-electron chi connectivity index (χ2n) is 4.65. The molecule has 4 heteroatoms. The normalized spacial score (nSPS) is 10.6. The number of amides is 1. The Morgan fingerprint density at radius 1 is 1.32 bits per heavy atom. The molecule has 0 aromatic heterocycles. The topological polar surface area (TPSA) is 50.4 Å². The second kappa shape index (κ2) is 7.79. The van der Waals surface area contributed by atoms with Crippen LogP contribution >= 0.6 is 0 Å². The number of aryl methyl sites for hydroxylation is 1. The van der Waals surface area contributed by atoms with Gasteiger partial charge in [0.05, 0.1) is 19.3 Å². The van der Waals surface area contributed by atoms with Gasteiger partial charge in [-0.15, -0.1) is 0 Å². The van der Waals surface area contributed by atoms with Gasteiger partial charge in [0.2, 0.25) is 5.91 Å². The molecule has 1 aromatic carbocycles. The van der Waals surface area contributed by atoms with E-state index < -0.39 is 0 Å². The molecule has 0 saturated carbocycles. The van der Waals surface area contributed by atoms with E-state index in [9.17, 15) is 4.79 Å². The van der Waals surface area contributed by atoms with Crippen LogP contribution in [0, 0.1) is 6.92 Å². The molecule has 0 radical (unpaired) electrons. The zero-order valence-corrected chi connectivity index (χ0v) is 12.2. The summed E-state index contributed by atoms with van der Waals surface area (Å²) in [6.45, 7) is 6.53. The van der Waals surface area contributed by atoms with Gasteiger partial charge in [-0.05, 0) is 37.5 Å². The molecule has 19 heavy (non-hydrogen) atoms. The number of benzene rings is 1. The summed E-state index contributed by atoms with van der Waals surface area (Å²) in [5.41, 5.74) is 1.81. The van der Waals surface area contributed by atoms with Gasteiger partial charge in [0.15, 0.2) is 0 Å². The molecule has 1 amide bonds. The highest BCUT2D eigenvalue weighted by atomic mass is 16.5. The first-order valence-electron chi connectivity index (χ1n) is 6.78. The monoisotopic (exact) mass is 264 g/mol. The molecule has 2 N–H and O–H groups in total. The first kappa shape index (κ1) is 15.5. The predicted octanol–water partition coefficient (Wildman–Crippen LogP) is 2.72. The predicted molar refractivity (Wildman–Crippen MR) is 78.7 cm³/mol. The summed E-state index contributed by atoms with van der Waals surface area (Å²) in [6.07, 6.45) is 2.05. The van der Waals surface area contributed by atoms with E-state index in [1.807, 2.05) is 25.1 Å². The number of ether oxygens (including phenoxy) is 1. The quantitative estimate of drug-likeness (QED) is 0.796. The smallest absolute Gasteiger partial charge is 0.238 e. The molecule has 106 valence electrons. The minimum absolute atomic E-state index is 0.0456. The Morgan fingerprint density at radius 3 is 2.58 bits per heavy atom. The average molecular weight is 264 g/mol. The van der Waals surface area contributed by atoms with Crippen LogP contribution in [0.5, 0.6) is 5.75 Å². The first-order valence-corrected chi connectivity index (χ1v) is 6.78. The Morgan fingerprint density at radius 2 is 2.00 bits per heavy atom. The van der Waals surface area contributed by atoms with Gasteiger partial charge in [-0.3, -0.25) is 4.79 Å². The zero-order valence-electron chi connectivity index (χ0n) is 12.2. The van der Waals surface area contributed by atoms with E-state index in [1.165, 1.54) is 0 Å². The van der Waals surface area contributed by atoms with Crippen molar-refractivity contribution < 1.29 is 9.53 Å². The van der Waals surface area contributed by atoms with Crippen LogP contribution in [-0.4, -0.2) is 25.6 Å². The molecule has 1 rings (SSSR count). The standard InChI is InChI=1S/C15H24N2O2/c1-5-12(6-2)16-10-15(18)17-13-9-11(3)7-8-14(13)19-4/h7-9,12,16H,5-6,10H2,1-4H3,(H,17,18). The molecule has 4 nitrogen and oxygen atoms in total. The van der Waals surface area contributed by atoms with Crippen molar-refractivity contribution >= 4 is 11.6 Å². The summed E-state index contributed by atoms with van der Waals surface area (Å²) in [4.78, 5) is 11.9. The average Bonchev–Trinajstić information content (AvgIpc) is 2.40. The van der Waals surface area contributed by atoms with E-state index in [-0.39, 0.29) is 5.91 Å². The van der Waals surface area contributed by atoms with Crippen LogP contribution in [0.2, 0.25) is 0 Å². The van der Waals surface area contributed by atoms with Crippen molar-refractivity contribution in [3.8, 4) is 5.75 Å². The summed E-state index contributed by atoms with van der Waals surface area (Å²) in [5.74, 6) is 0.636. The van der Waals surface area contributed by atoms with Crippen molar-refractivity contribution in [3.05, 3.63) is 23.8 Å². The first-order chi connectivity index (χ1) is 9.10. The number of carbonyl (C=O) groups is 1. The Balaban J connectivity index is 2.59. The Kier molecular flexibility index (Phi) is 6.36. The van der Waals surface area contributed by atoms with Gasteiger partial charge >= 0.3 is 0 Å². The number of anilines is 1. The van der Waals surface area contributed by atoms with Crippen LogP contribution in [0.15, 0.2) is 18.2 Å². The molecule has 0 heterocycles. The molecular formula is C15H24N2O2. The lowest BCUT2D eigenvalue weighted by Gasteiger charge is -2.15. The third kappa shape index (κ3) is 4.91. The molecule has 0 bridgehead atoms. The van der Waals surface area contributed by atoms with Crippen molar-refractivity contribution in [1.29, 1.82) is 0 Å². The highest BCUT2D eigenvalue weighted by Crippen LogP contribution is 2.24. The van der Waals surface area contributed by atoms with E-state index in [4.69, 9.17) is 4.74 Å². The Hall–Kier alpha value is -1.55. The maximum atomic E-state index is 11.9. The molecule has 0 aliphatic carbocycles. The van der Waals surface area contributed by atoms with Crippen LogP contribution in [0.4, 0.5) is 5.69 Å². The van der Waals surface area contributed by atoms with E-state index in [2.05, 4.69) is 24.5 Å². The van der Waals surface area contributed by atoms with Crippen molar-refractivity contribution in [2.45, 2.75) is 39.7 Å². The third-order valence-electron chi connectivity index (χ3n) is 3.17. The number of carbonyl (C=O) groups excluding carboxylic acids is 1. The lowest BCUT2D eigenvalue weighted by Crippen LogP contribution is -2.35. The Labute approximate surface area is 115 Å². The number of rotatable bonds is 7. The molecular weight excluding hydrogens is 240 g/mol. The van der Waals surface area contributed by atoms with Crippen LogP contribution in [0.25, 0.3) is 0 Å². The minimum atomic E-state index is -0.0456. The van der Waals surface area contributed by atoms with Gasteiger partial charge in [0.25, 0.3) is 0 Å². The Bertz CT molecular complexity index is 415. The maximum absolute atomic E-state index is 11.9. The van der Waals surface area contributed by atoms with Gasteiger partial charge in [-0.1, -0.05) is 19.9 Å². The fourth-order valence-corrected chi connectivity index (χ4v) is 1.93. The number of hydrogen-bond donors (Lipinski definition) is 2. The fourth-order valence-electron chi connectivity index (χ4n) is 1.93. The highest BCUT2D eigenvalue weighted by Gasteiger charge is 2.09. The van der Waals surface area contributed by atoms with Gasteiger partial charge in [0.1, 0.15) is 5.75 Å². The molecule has 0 atom stereocenters. The number of nitrogens with one attached hydrogen (secondary N) is 2. The molecule has 0 fully saturated rings. The highest BCUT2D eigenvalue weighted by molar-refractivity contribution is 5.93. The van der Waals surface area contributed by atoms with E-state index in [0.717, 1.165) is 24.1 Å². The lowest BCUT2D eigenvalue weighted by atomic mass is 10.2. The summed E-state index contributed by atoms with van der Waals surface area (Å²) in [7, 11) is 1.60. The van der Waals surface area contributed by atoms with Crippen LogP contribution < -0.4 is 15.4 Å². The van der Waals surface area contributed by atoms with Crippen molar-refractivity contribution in [2.24, 2.45) is 0 Å².